The molecule has 1 aliphatic heterocycles. The van der Waals surface area contributed by atoms with Crippen LogP contribution in [0.25, 0.3) is 0 Å². The molecule has 1 aromatic carbocycles. The van der Waals surface area contributed by atoms with Gasteiger partial charge in [0.25, 0.3) is 5.91 Å². The van der Waals surface area contributed by atoms with Crippen LogP contribution in [0.5, 0.6) is 0 Å². The Hall–Kier alpha value is -2.55. The number of hydrogen-bond donors (Lipinski definition) is 1. The van der Waals surface area contributed by atoms with Crippen LogP contribution in [0, 0.1) is 18.6 Å². The molecule has 9 heteroatoms. The summed E-state index contributed by atoms with van der Waals surface area (Å²) < 4.78 is 31.2. The molecule has 1 saturated heterocycles. The van der Waals surface area contributed by atoms with Crippen molar-refractivity contribution in [1.82, 2.24) is 5.32 Å². The molecule has 6 nitrogen and oxygen atoms in total. The van der Waals surface area contributed by atoms with Gasteiger partial charge in [-0.3, -0.25) is 10.1 Å². The highest BCUT2D eigenvalue weighted by Crippen LogP contribution is 2.23. The van der Waals surface area contributed by atoms with E-state index in [-0.39, 0.29) is 15.6 Å². The van der Waals surface area contributed by atoms with Crippen molar-refractivity contribution >= 4 is 35.0 Å². The highest BCUT2D eigenvalue weighted by molar-refractivity contribution is 8.18. The Morgan fingerprint density at radius 1 is 1.39 bits per heavy atom. The first kappa shape index (κ1) is 16.8. The number of ether oxygens (including phenoxy) is 1. The third-order valence-corrected chi connectivity index (χ3v) is 3.55. The van der Waals surface area contributed by atoms with Gasteiger partial charge in [-0.05, 0) is 36.4 Å². The zero-order valence-corrected chi connectivity index (χ0v) is 12.9. The molecule has 1 fully saturated rings. The number of halogens is 2. The number of rotatable bonds is 3. The lowest BCUT2D eigenvalue weighted by Gasteiger charge is -1.99. The number of carbonyl (C=O) groups is 2. The Kier molecular flexibility index (Phi) is 5.22. The number of benzene rings is 1. The second-order valence-corrected chi connectivity index (χ2v) is 5.42. The van der Waals surface area contributed by atoms with E-state index >= 15 is 0 Å². The molecule has 1 amide bonds. The predicted molar refractivity (Wildman–Crippen MR) is 82.0 cm³/mol. The highest BCUT2D eigenvalue weighted by atomic mass is 32.2. The van der Waals surface area contributed by atoms with Gasteiger partial charge in [-0.15, -0.1) is 5.10 Å². The molecule has 1 heterocycles. The molecule has 0 unspecified atom stereocenters. The first-order valence-corrected chi connectivity index (χ1v) is 7.08. The van der Waals surface area contributed by atoms with Crippen LogP contribution in [0.3, 0.4) is 0 Å². The Bertz CT molecular complexity index is 760. The van der Waals surface area contributed by atoms with Gasteiger partial charge >= 0.3 is 5.97 Å². The normalized spacial score (nSPS) is 18.0. The molecule has 1 aromatic rings. The van der Waals surface area contributed by atoms with Crippen LogP contribution in [0.1, 0.15) is 11.1 Å². The first-order valence-electron chi connectivity index (χ1n) is 6.26. The summed E-state index contributed by atoms with van der Waals surface area (Å²) >= 11 is 0.876. The summed E-state index contributed by atoms with van der Waals surface area (Å²) in [6.07, 6.45) is 2.05. The van der Waals surface area contributed by atoms with Crippen LogP contribution < -0.4 is 5.32 Å². The second kappa shape index (κ2) is 7.14. The zero-order valence-electron chi connectivity index (χ0n) is 12.1. The monoisotopic (exact) mass is 339 g/mol. The van der Waals surface area contributed by atoms with E-state index in [9.17, 15) is 18.4 Å². The fraction of sp³-hybridized carbons (Fsp3) is 0.143. The van der Waals surface area contributed by atoms with Crippen molar-refractivity contribution in [2.24, 2.45) is 10.2 Å². The third kappa shape index (κ3) is 4.22. The lowest BCUT2D eigenvalue weighted by molar-refractivity contribution is -0.135. The predicted octanol–water partition coefficient (Wildman–Crippen LogP) is 1.88. The molecular formula is C14H11F2N3O3S. The summed E-state index contributed by atoms with van der Waals surface area (Å²) in [5.41, 5.74) is 0.469. The summed E-state index contributed by atoms with van der Waals surface area (Å²) in [6.45, 7) is 1.61. The minimum Gasteiger partial charge on any atom is -0.466 e. The fourth-order valence-corrected chi connectivity index (χ4v) is 2.37. The maximum atomic E-state index is 13.5. The summed E-state index contributed by atoms with van der Waals surface area (Å²) in [6, 6.07) is 2.47. The average molecular weight is 339 g/mol. The number of nitrogens with one attached hydrogen (secondary N) is 1. The summed E-state index contributed by atoms with van der Waals surface area (Å²) in [4.78, 5) is 22.7. The van der Waals surface area contributed by atoms with Gasteiger partial charge in [-0.25, -0.2) is 13.6 Å². The largest absolute Gasteiger partial charge is 0.466 e. The molecule has 23 heavy (non-hydrogen) atoms. The van der Waals surface area contributed by atoms with Crippen molar-refractivity contribution in [2.45, 2.75) is 6.92 Å². The SMILES string of the molecule is COC(=O)/C=C1/S/C(=N\N=Cc2cc(C)cc(F)c2F)NC1=O. The van der Waals surface area contributed by atoms with E-state index in [2.05, 4.69) is 20.3 Å². The van der Waals surface area contributed by atoms with Crippen LogP contribution >= 0.6 is 11.8 Å². The van der Waals surface area contributed by atoms with Gasteiger partial charge in [-0.1, -0.05) is 0 Å². The molecule has 2 rings (SSSR count). The van der Waals surface area contributed by atoms with Gasteiger partial charge in [-0.2, -0.15) is 5.10 Å². The molecule has 0 bridgehead atoms. The minimum atomic E-state index is -1.03. The molecule has 1 aliphatic rings. The Morgan fingerprint density at radius 3 is 2.83 bits per heavy atom. The molecule has 0 atom stereocenters. The van der Waals surface area contributed by atoms with Gasteiger partial charge in [0.2, 0.25) is 0 Å². The smallest absolute Gasteiger partial charge is 0.331 e. The maximum Gasteiger partial charge on any atom is 0.331 e. The number of thioether (sulfide) groups is 1. The lowest BCUT2D eigenvalue weighted by Crippen LogP contribution is -2.19. The number of nitrogens with zero attached hydrogens (tertiary/aromatic N) is 2. The number of aryl methyl sites for hydroxylation is 1. The van der Waals surface area contributed by atoms with Crippen molar-refractivity contribution in [3.8, 4) is 0 Å². The molecule has 0 spiro atoms. The molecule has 120 valence electrons. The molecular weight excluding hydrogens is 328 g/mol. The van der Waals surface area contributed by atoms with Crippen LogP contribution in [0.4, 0.5) is 8.78 Å². The first-order chi connectivity index (χ1) is 10.9. The Balaban J connectivity index is 2.14. The van der Waals surface area contributed by atoms with Crippen molar-refractivity contribution in [2.75, 3.05) is 7.11 Å². The van der Waals surface area contributed by atoms with Crippen molar-refractivity contribution in [3.05, 3.63) is 45.9 Å². The molecule has 0 radical (unpaired) electrons. The van der Waals surface area contributed by atoms with E-state index in [4.69, 9.17) is 0 Å². The molecule has 1 N–H and O–H groups in total. The molecule has 0 aromatic heterocycles. The number of amidine groups is 1. The molecule has 0 saturated carbocycles. The van der Waals surface area contributed by atoms with Crippen LogP contribution in [-0.2, 0) is 14.3 Å². The maximum absolute atomic E-state index is 13.5. The summed E-state index contributed by atoms with van der Waals surface area (Å²) in [5, 5.41) is 9.78. The zero-order chi connectivity index (χ0) is 17.0. The van der Waals surface area contributed by atoms with E-state index in [1.54, 1.807) is 6.92 Å². The third-order valence-electron chi connectivity index (χ3n) is 2.65. The van der Waals surface area contributed by atoms with Crippen molar-refractivity contribution in [1.29, 1.82) is 0 Å². The van der Waals surface area contributed by atoms with Gasteiger partial charge in [0.15, 0.2) is 16.8 Å². The van der Waals surface area contributed by atoms with Gasteiger partial charge in [0.1, 0.15) is 0 Å². The standard InChI is InChI=1S/C14H11F2N3O3S/c1-7-3-8(12(16)9(15)4-7)6-17-19-14-18-13(21)10(23-14)5-11(20)22-2/h3-6H,1-2H3,(H,18,19,21)/b10-5+,17-6?. The number of carbonyl (C=O) groups excluding carboxylic acids is 2. The van der Waals surface area contributed by atoms with Gasteiger partial charge in [0.05, 0.1) is 18.2 Å². The highest BCUT2D eigenvalue weighted by Gasteiger charge is 2.25. The van der Waals surface area contributed by atoms with Gasteiger partial charge in [0, 0.05) is 11.6 Å². The number of amides is 1. The van der Waals surface area contributed by atoms with Crippen LogP contribution in [0.15, 0.2) is 33.3 Å². The lowest BCUT2D eigenvalue weighted by atomic mass is 10.1. The second-order valence-electron chi connectivity index (χ2n) is 4.39. The summed E-state index contributed by atoms with van der Waals surface area (Å²) in [7, 11) is 1.19. The van der Waals surface area contributed by atoms with E-state index in [0.29, 0.717) is 5.56 Å². The minimum absolute atomic E-state index is 0.0634. The van der Waals surface area contributed by atoms with Gasteiger partial charge < -0.3 is 4.74 Å². The molecule has 0 aliphatic carbocycles. The Labute approximate surface area is 134 Å². The number of esters is 1. The average Bonchev–Trinajstić information content (AvgIpc) is 2.84. The fourth-order valence-electron chi connectivity index (χ4n) is 1.63. The van der Waals surface area contributed by atoms with Crippen LogP contribution in [-0.4, -0.2) is 30.4 Å². The van der Waals surface area contributed by atoms with Crippen molar-refractivity contribution in [3.63, 3.8) is 0 Å². The topological polar surface area (TPSA) is 80.1 Å². The van der Waals surface area contributed by atoms with E-state index in [1.807, 2.05) is 0 Å². The van der Waals surface area contributed by atoms with Crippen LogP contribution in [0.2, 0.25) is 0 Å². The van der Waals surface area contributed by atoms with E-state index in [1.165, 1.54) is 13.2 Å². The number of hydrogen-bond acceptors (Lipinski definition) is 6. The number of methoxy groups -OCH3 is 1. The van der Waals surface area contributed by atoms with Crippen molar-refractivity contribution < 1.29 is 23.1 Å². The van der Waals surface area contributed by atoms with E-state index in [0.717, 1.165) is 30.1 Å². The summed E-state index contributed by atoms with van der Waals surface area (Å²) in [5.74, 6) is -3.22. The van der Waals surface area contributed by atoms with E-state index < -0.39 is 23.5 Å². The Morgan fingerprint density at radius 2 is 2.13 bits per heavy atom. The quantitative estimate of drug-likeness (QED) is 0.395.